The van der Waals surface area contributed by atoms with Crippen molar-refractivity contribution in [2.24, 2.45) is 0 Å². The molecule has 0 heterocycles. The van der Waals surface area contributed by atoms with Crippen LogP contribution in [0.3, 0.4) is 0 Å². The molecule has 0 amide bonds. The van der Waals surface area contributed by atoms with Crippen molar-refractivity contribution in [1.29, 1.82) is 0 Å². The molecule has 6 aromatic rings. The molecule has 0 N–H and O–H groups in total. The van der Waals surface area contributed by atoms with Crippen LogP contribution in [0.4, 0.5) is 0 Å². The Bertz CT molecular complexity index is 1900. The first-order valence-corrected chi connectivity index (χ1v) is 27.0. The molecule has 6 aromatic carbocycles. The molecular weight excluding hydrogens is 755 g/mol. The van der Waals surface area contributed by atoms with Gasteiger partial charge in [0.15, 0.2) is 0 Å². The molecule has 0 bridgehead atoms. The second kappa shape index (κ2) is 20.3. The second-order valence-electron chi connectivity index (χ2n) is 15.1. The molecule has 0 saturated heterocycles. The van der Waals surface area contributed by atoms with E-state index in [4.69, 9.17) is 17.0 Å². The van der Waals surface area contributed by atoms with E-state index in [1.54, 1.807) is 5.56 Å². The van der Waals surface area contributed by atoms with Crippen molar-refractivity contribution in [3.63, 3.8) is 0 Å². The molecule has 4 heteroatoms. The Morgan fingerprint density at radius 3 is 1.71 bits per heavy atom. The van der Waals surface area contributed by atoms with Crippen molar-refractivity contribution in [3.8, 4) is 22.3 Å². The van der Waals surface area contributed by atoms with Crippen molar-refractivity contribution in [2.75, 3.05) is 0 Å². The molecule has 1 saturated carbocycles. The van der Waals surface area contributed by atoms with Gasteiger partial charge in [0.05, 0.1) is 0 Å². The third kappa shape index (κ3) is 11.4. The van der Waals surface area contributed by atoms with Gasteiger partial charge in [-0.1, -0.05) is 146 Å². The van der Waals surface area contributed by atoms with Gasteiger partial charge in [-0.2, -0.15) is 12.1 Å². The van der Waals surface area contributed by atoms with Crippen LogP contribution in [0.25, 0.3) is 43.8 Å². The summed E-state index contributed by atoms with van der Waals surface area (Å²) in [6.07, 6.45) is 8.05. The Morgan fingerprint density at radius 2 is 1.22 bits per heavy atom. The third-order valence-corrected chi connectivity index (χ3v) is 10.0. The quantitative estimate of drug-likeness (QED) is 0.120. The molecule has 1 aliphatic carbocycles. The van der Waals surface area contributed by atoms with E-state index < -0.39 is 20.8 Å². The van der Waals surface area contributed by atoms with Crippen LogP contribution in [0.15, 0.2) is 109 Å². The van der Waals surface area contributed by atoms with Gasteiger partial charge >= 0.3 is 37.9 Å². The Kier molecular flexibility index (Phi) is 16.5. The van der Waals surface area contributed by atoms with E-state index in [0.717, 1.165) is 21.9 Å². The van der Waals surface area contributed by atoms with Gasteiger partial charge in [-0.05, 0) is 58.8 Å². The van der Waals surface area contributed by atoms with Crippen LogP contribution in [-0.2, 0) is 32.7 Å². The first-order valence-electron chi connectivity index (χ1n) is 18.7. The van der Waals surface area contributed by atoms with E-state index in [1.807, 2.05) is 0 Å². The Morgan fingerprint density at radius 1 is 0.725 bits per heavy atom. The van der Waals surface area contributed by atoms with Crippen molar-refractivity contribution in [2.45, 2.75) is 110 Å². The van der Waals surface area contributed by atoms with E-state index in [2.05, 4.69) is 164 Å². The van der Waals surface area contributed by atoms with Crippen molar-refractivity contribution >= 4 is 48.1 Å². The SMILES string of the molecule is CC(C)c1ccc(-c2cccc3[cH-]c(C4CCCCC4)cc23)cc1.CCc1cc2c(-c3ccc(C(C)(C)C)cc3)cccc2[cH-]1.C[Si]C.[Cl][Zr+2][Cl]. The van der Waals surface area contributed by atoms with Crippen molar-refractivity contribution in [1.82, 2.24) is 0 Å². The van der Waals surface area contributed by atoms with Crippen molar-refractivity contribution < 1.29 is 20.8 Å². The predicted molar refractivity (Wildman–Crippen MR) is 227 cm³/mol. The monoisotopic (exact) mass is 808 g/mol. The normalized spacial score (nSPS) is 13.1. The second-order valence-corrected chi connectivity index (χ2v) is 19.9. The van der Waals surface area contributed by atoms with Crippen LogP contribution < -0.4 is 0 Å². The van der Waals surface area contributed by atoms with Crippen LogP contribution in [0.5, 0.6) is 0 Å². The van der Waals surface area contributed by atoms with Gasteiger partial charge in [0, 0.05) is 9.52 Å². The van der Waals surface area contributed by atoms with E-state index in [-0.39, 0.29) is 5.41 Å². The number of hydrogen-bond donors (Lipinski definition) is 0. The first kappa shape index (κ1) is 41.5. The Labute approximate surface area is 330 Å². The summed E-state index contributed by atoms with van der Waals surface area (Å²) < 4.78 is 0. The summed E-state index contributed by atoms with van der Waals surface area (Å²) in [5.41, 5.74) is 11.4. The Balaban J connectivity index is 0.000000200. The van der Waals surface area contributed by atoms with Gasteiger partial charge in [0.1, 0.15) is 0 Å². The Hall–Kier alpha value is -2.22. The van der Waals surface area contributed by atoms with Gasteiger partial charge in [0.2, 0.25) is 0 Å². The number of aryl methyl sites for hydroxylation is 1. The summed E-state index contributed by atoms with van der Waals surface area (Å²) in [4.78, 5) is 0. The average molecular weight is 811 g/mol. The minimum absolute atomic E-state index is 0.209. The summed E-state index contributed by atoms with van der Waals surface area (Å²) in [6, 6.07) is 41.1. The zero-order valence-electron chi connectivity index (χ0n) is 32.0. The first-order chi connectivity index (χ1) is 24.5. The number of halogens is 2. The van der Waals surface area contributed by atoms with Crippen molar-refractivity contribution in [3.05, 3.63) is 131 Å². The van der Waals surface area contributed by atoms with Gasteiger partial charge < -0.3 is 0 Å². The zero-order chi connectivity index (χ0) is 37.0. The molecule has 0 nitrogen and oxygen atoms in total. The fourth-order valence-electron chi connectivity index (χ4n) is 7.13. The summed E-state index contributed by atoms with van der Waals surface area (Å²) in [5.74, 6) is 1.37. The van der Waals surface area contributed by atoms with Crippen LogP contribution in [0.1, 0.15) is 108 Å². The molecule has 266 valence electrons. The molecule has 0 unspecified atom stereocenters. The standard InChI is InChI=1S/C24H27.C21H23.C2H6Si.2ClH.Zr/c1-17(2)18-11-13-20(14-12-18)23-10-6-9-21-15-22(16-24(21)23)19-7-4-3-5-8-19;1-5-15-13-17-7-6-8-19(20(17)14-15)16-9-11-18(12-10-16)21(2,3)4;1-3-2;;;/h6,9-17,19H,3-5,7-8H2,1-2H3;6-14H,5H2,1-4H3;1-2H3;2*1H;/q2*-1;;;;+4/p-2. The maximum atomic E-state index is 4.93. The number of benzene rings is 4. The molecule has 0 aromatic heterocycles. The molecule has 7 rings (SSSR count). The summed E-state index contributed by atoms with van der Waals surface area (Å²) in [5, 5.41) is 5.55. The van der Waals surface area contributed by atoms with E-state index in [0.29, 0.717) is 5.92 Å². The van der Waals surface area contributed by atoms with E-state index in [9.17, 15) is 0 Å². The zero-order valence-corrected chi connectivity index (χ0v) is 37.0. The fraction of sp³-hybridized carbons (Fsp3) is 0.362. The predicted octanol–water partition coefficient (Wildman–Crippen LogP) is 15.6. The summed E-state index contributed by atoms with van der Waals surface area (Å²) >= 11 is -0.826. The van der Waals surface area contributed by atoms with Gasteiger partial charge in [-0.25, -0.2) is 0 Å². The van der Waals surface area contributed by atoms with Gasteiger partial charge in [0.25, 0.3) is 0 Å². The van der Waals surface area contributed by atoms with E-state index >= 15 is 0 Å². The average Bonchev–Trinajstić information content (AvgIpc) is 3.78. The van der Waals surface area contributed by atoms with E-state index in [1.165, 1.54) is 92.6 Å². The summed E-state index contributed by atoms with van der Waals surface area (Å²) in [6.45, 7) is 17.8. The van der Waals surface area contributed by atoms with Crippen LogP contribution in [0, 0.1) is 0 Å². The molecule has 1 aliphatic rings. The molecule has 0 aliphatic heterocycles. The van der Waals surface area contributed by atoms with Gasteiger partial charge in [-0.3, -0.25) is 0 Å². The molecule has 0 atom stereocenters. The van der Waals surface area contributed by atoms with Crippen LogP contribution in [0.2, 0.25) is 13.1 Å². The third-order valence-electron chi connectivity index (χ3n) is 10.0. The summed E-state index contributed by atoms with van der Waals surface area (Å²) in [7, 11) is 11.0. The van der Waals surface area contributed by atoms with Crippen LogP contribution >= 0.6 is 17.0 Å². The van der Waals surface area contributed by atoms with Gasteiger partial charge in [-0.15, -0.1) is 69.1 Å². The number of fused-ring (bicyclic) bond motifs is 2. The minimum atomic E-state index is -0.826. The fourth-order valence-corrected chi connectivity index (χ4v) is 7.13. The molecule has 0 spiro atoms. The van der Waals surface area contributed by atoms with Crippen LogP contribution in [-0.4, -0.2) is 9.52 Å². The molecular formula is C47H56Cl2SiZr. The molecule has 1 fully saturated rings. The maximum absolute atomic E-state index is 4.93. The number of rotatable bonds is 5. The topological polar surface area (TPSA) is 0 Å². The molecule has 2 radical (unpaired) electrons. The molecule has 51 heavy (non-hydrogen) atoms. The number of hydrogen-bond acceptors (Lipinski definition) is 0.